The zero-order valence-corrected chi connectivity index (χ0v) is 49.9. The Balaban J connectivity index is 4.30. The van der Waals surface area contributed by atoms with Crippen LogP contribution in [0.3, 0.4) is 0 Å². The number of hydrogen-bond donors (Lipinski definition) is 0. The maximum Gasteiger partial charge on any atom is 0.306 e. The summed E-state index contributed by atoms with van der Waals surface area (Å²) in [6.45, 7) is 6.46. The zero-order chi connectivity index (χ0) is 55.7. The second-order valence-corrected chi connectivity index (χ2v) is 20.6. The van der Waals surface area contributed by atoms with Gasteiger partial charge in [-0.1, -0.05) is 251 Å². The standard InChI is InChI=1S/C71H116O6/c1-4-7-10-13-16-19-22-25-27-28-29-30-31-32-33-34-35-36-37-38-39-40-41-42-43-44-45-47-49-52-55-58-61-64-70(73)76-67-68(66-75-69(72)63-60-57-54-51-48-24-21-18-15-12-9-6-3)77-71(74)65-62-59-56-53-50-46-26-23-20-17-14-11-8-5-2/h7,10,16,18-19,21,23,25-27,29-30,32-33,35-36,38-39,41-42,44-45,68H,4-6,8-9,11-15,17,20,22,24,28,31,34,37,40,43,46-67H2,1-3H3/b10-7-,19-16-,21-18-,26-23-,27-25-,30-29-,33-32-,36-35-,39-38-,42-41-,45-44-. The van der Waals surface area contributed by atoms with Crippen LogP contribution in [-0.4, -0.2) is 37.2 Å². The summed E-state index contributed by atoms with van der Waals surface area (Å²) < 4.78 is 16.8. The molecule has 77 heavy (non-hydrogen) atoms. The third-order valence-electron chi connectivity index (χ3n) is 13.1. The summed E-state index contributed by atoms with van der Waals surface area (Å²) in [5.41, 5.74) is 0. The monoisotopic (exact) mass is 1060 g/mol. The number of carbonyl (C=O) groups is 3. The first-order valence-electron chi connectivity index (χ1n) is 31.7. The molecule has 0 rings (SSSR count). The predicted octanol–water partition coefficient (Wildman–Crippen LogP) is 21.8. The van der Waals surface area contributed by atoms with Crippen LogP contribution >= 0.6 is 0 Å². The lowest BCUT2D eigenvalue weighted by molar-refractivity contribution is -0.167. The Morgan fingerprint density at radius 3 is 0.831 bits per heavy atom. The third kappa shape index (κ3) is 62.3. The second kappa shape index (κ2) is 64.1. The Hall–Kier alpha value is -4.45. The van der Waals surface area contributed by atoms with E-state index in [-0.39, 0.29) is 31.1 Å². The molecule has 0 aromatic rings. The Morgan fingerprint density at radius 1 is 0.273 bits per heavy atom. The zero-order valence-electron chi connectivity index (χ0n) is 49.9. The van der Waals surface area contributed by atoms with Crippen LogP contribution in [0.4, 0.5) is 0 Å². The van der Waals surface area contributed by atoms with E-state index in [1.54, 1.807) is 0 Å². The molecule has 0 spiro atoms. The molecule has 0 aliphatic heterocycles. The van der Waals surface area contributed by atoms with Crippen molar-refractivity contribution in [1.29, 1.82) is 0 Å². The summed E-state index contributed by atoms with van der Waals surface area (Å²) in [5, 5.41) is 0. The number of unbranched alkanes of at least 4 members (excludes halogenated alkanes) is 23. The predicted molar refractivity (Wildman–Crippen MR) is 334 cm³/mol. The van der Waals surface area contributed by atoms with Gasteiger partial charge in [0.2, 0.25) is 0 Å². The lowest BCUT2D eigenvalue weighted by Gasteiger charge is -2.18. The van der Waals surface area contributed by atoms with E-state index in [0.29, 0.717) is 19.3 Å². The summed E-state index contributed by atoms with van der Waals surface area (Å²) in [4.78, 5) is 38.2. The van der Waals surface area contributed by atoms with Gasteiger partial charge in [0.1, 0.15) is 13.2 Å². The van der Waals surface area contributed by atoms with E-state index in [9.17, 15) is 14.4 Å². The van der Waals surface area contributed by atoms with Gasteiger partial charge >= 0.3 is 17.9 Å². The van der Waals surface area contributed by atoms with Crippen molar-refractivity contribution < 1.29 is 28.6 Å². The van der Waals surface area contributed by atoms with Crippen LogP contribution in [0, 0.1) is 0 Å². The molecule has 436 valence electrons. The van der Waals surface area contributed by atoms with Crippen molar-refractivity contribution in [2.75, 3.05) is 13.2 Å². The molecule has 1 atom stereocenters. The number of hydrogen-bond acceptors (Lipinski definition) is 6. The Labute approximate surface area is 475 Å². The van der Waals surface area contributed by atoms with E-state index in [1.807, 2.05) is 0 Å². The lowest BCUT2D eigenvalue weighted by Crippen LogP contribution is -2.30. The minimum Gasteiger partial charge on any atom is -0.462 e. The van der Waals surface area contributed by atoms with Gasteiger partial charge in [0, 0.05) is 19.3 Å². The normalized spacial score (nSPS) is 13.0. The molecule has 6 nitrogen and oxygen atoms in total. The molecule has 0 aliphatic rings. The minimum atomic E-state index is -0.797. The van der Waals surface area contributed by atoms with Crippen LogP contribution in [0.1, 0.15) is 278 Å². The van der Waals surface area contributed by atoms with Crippen LogP contribution in [0.15, 0.2) is 134 Å². The van der Waals surface area contributed by atoms with Gasteiger partial charge in [0.25, 0.3) is 0 Å². The van der Waals surface area contributed by atoms with Gasteiger partial charge in [0.15, 0.2) is 6.10 Å². The molecule has 1 unspecified atom stereocenters. The number of ether oxygens (including phenoxy) is 3. The fraction of sp³-hybridized carbons (Fsp3) is 0.648. The van der Waals surface area contributed by atoms with E-state index >= 15 is 0 Å². The molecule has 0 bridgehead atoms. The second-order valence-electron chi connectivity index (χ2n) is 20.6. The van der Waals surface area contributed by atoms with Gasteiger partial charge in [-0.2, -0.15) is 0 Å². The van der Waals surface area contributed by atoms with E-state index < -0.39 is 6.10 Å². The highest BCUT2D eigenvalue weighted by Crippen LogP contribution is 2.14. The molecule has 6 heteroatoms. The summed E-state index contributed by atoms with van der Waals surface area (Å²) >= 11 is 0. The first-order valence-corrected chi connectivity index (χ1v) is 31.7. The first-order chi connectivity index (χ1) is 38.0. The smallest absolute Gasteiger partial charge is 0.306 e. The van der Waals surface area contributed by atoms with Crippen molar-refractivity contribution in [1.82, 2.24) is 0 Å². The maximum atomic E-state index is 12.9. The summed E-state index contributed by atoms with van der Waals surface area (Å²) in [7, 11) is 0. The molecule has 0 saturated heterocycles. The first kappa shape index (κ1) is 72.5. The molecular formula is C71H116O6. The summed E-state index contributed by atoms with van der Waals surface area (Å²) in [6, 6.07) is 0. The molecule has 0 fully saturated rings. The number of allylic oxidation sites excluding steroid dienone is 22. The van der Waals surface area contributed by atoms with Crippen LogP contribution in [0.25, 0.3) is 0 Å². The van der Waals surface area contributed by atoms with E-state index in [1.165, 1.54) is 77.0 Å². The van der Waals surface area contributed by atoms with E-state index in [2.05, 4.69) is 154 Å². The van der Waals surface area contributed by atoms with Crippen molar-refractivity contribution >= 4 is 17.9 Å². The van der Waals surface area contributed by atoms with Gasteiger partial charge in [-0.25, -0.2) is 0 Å². The minimum absolute atomic E-state index is 0.0942. The van der Waals surface area contributed by atoms with Crippen molar-refractivity contribution in [2.24, 2.45) is 0 Å². The summed E-state index contributed by atoms with van der Waals surface area (Å²) in [6.07, 6.45) is 90.3. The quantitative estimate of drug-likeness (QED) is 0.0261. The average Bonchev–Trinajstić information content (AvgIpc) is 3.43. The molecule has 0 aromatic heterocycles. The molecule has 0 radical (unpaired) electrons. The highest BCUT2D eigenvalue weighted by Gasteiger charge is 2.19. The highest BCUT2D eigenvalue weighted by atomic mass is 16.6. The highest BCUT2D eigenvalue weighted by molar-refractivity contribution is 5.71. The largest absolute Gasteiger partial charge is 0.462 e. The van der Waals surface area contributed by atoms with Gasteiger partial charge in [0.05, 0.1) is 0 Å². The maximum absolute atomic E-state index is 12.9. The van der Waals surface area contributed by atoms with Gasteiger partial charge < -0.3 is 14.2 Å². The Kier molecular flexibility index (Phi) is 60.4. The van der Waals surface area contributed by atoms with Crippen LogP contribution in [0.5, 0.6) is 0 Å². The Morgan fingerprint density at radius 2 is 0.506 bits per heavy atom. The van der Waals surface area contributed by atoms with Crippen LogP contribution in [0.2, 0.25) is 0 Å². The number of esters is 3. The molecule has 0 amide bonds. The molecule has 0 N–H and O–H groups in total. The molecule has 0 saturated carbocycles. The SMILES string of the molecule is CC/C=C\C/C=C\C/C=C\C/C=C\C/C=C\C/C=C\C/C=C\C/C=C\C/C=C\CCCCCCCC(=O)OCC(COC(=O)CCCCCCC/C=C\CCCCC)OC(=O)CCCCCCC/C=C\CCCCCCC. The van der Waals surface area contributed by atoms with Crippen LogP contribution < -0.4 is 0 Å². The topological polar surface area (TPSA) is 78.9 Å². The number of rotatable bonds is 56. The lowest BCUT2D eigenvalue weighted by atomic mass is 10.1. The van der Waals surface area contributed by atoms with E-state index in [0.717, 1.165) is 161 Å². The fourth-order valence-electron chi connectivity index (χ4n) is 8.36. The van der Waals surface area contributed by atoms with E-state index in [4.69, 9.17) is 14.2 Å². The van der Waals surface area contributed by atoms with Gasteiger partial charge in [-0.05, 0) is 141 Å². The fourth-order valence-corrected chi connectivity index (χ4v) is 8.36. The Bertz CT molecular complexity index is 1650. The van der Waals surface area contributed by atoms with Crippen molar-refractivity contribution in [3.63, 3.8) is 0 Å². The summed E-state index contributed by atoms with van der Waals surface area (Å²) in [5.74, 6) is -0.931. The van der Waals surface area contributed by atoms with Gasteiger partial charge in [-0.3, -0.25) is 14.4 Å². The molecule has 0 heterocycles. The van der Waals surface area contributed by atoms with Crippen LogP contribution in [-0.2, 0) is 28.6 Å². The van der Waals surface area contributed by atoms with Crippen molar-refractivity contribution in [2.45, 2.75) is 284 Å². The van der Waals surface area contributed by atoms with Crippen molar-refractivity contribution in [3.05, 3.63) is 134 Å². The molecular weight excluding hydrogens is 949 g/mol. The van der Waals surface area contributed by atoms with Gasteiger partial charge in [-0.15, -0.1) is 0 Å². The molecule has 0 aromatic carbocycles. The average molecular weight is 1070 g/mol. The third-order valence-corrected chi connectivity index (χ3v) is 13.1. The molecule has 0 aliphatic carbocycles. The van der Waals surface area contributed by atoms with Crippen molar-refractivity contribution in [3.8, 4) is 0 Å². The number of carbonyl (C=O) groups excluding carboxylic acids is 3.